The zero-order chi connectivity index (χ0) is 32.3. The Morgan fingerprint density at radius 2 is 1.51 bits per heavy atom. The maximum absolute atomic E-state index is 12.8. The van der Waals surface area contributed by atoms with Crippen molar-refractivity contribution in [2.75, 3.05) is 26.6 Å². The Morgan fingerprint density at radius 1 is 0.822 bits per heavy atom. The lowest BCUT2D eigenvalue weighted by Gasteiger charge is -2.33. The van der Waals surface area contributed by atoms with Crippen LogP contribution in [0.2, 0.25) is 0 Å². The largest absolute Gasteiger partial charge is 0.497 e. The van der Waals surface area contributed by atoms with Crippen molar-refractivity contribution in [3.63, 3.8) is 0 Å². The van der Waals surface area contributed by atoms with Gasteiger partial charge in [-0.15, -0.1) is 0 Å². The van der Waals surface area contributed by atoms with Crippen molar-refractivity contribution in [3.05, 3.63) is 106 Å². The second kappa shape index (κ2) is 12.6. The number of nitrogens with one attached hydrogen (secondary N) is 1. The number of benzene rings is 4. The fraction of sp³-hybridized carbons (Fsp3) is 0.229. The molecule has 0 unspecified atom stereocenters. The number of allylic oxidation sites excluding steroid dienone is 1. The summed E-state index contributed by atoms with van der Waals surface area (Å²) >= 11 is 0. The molecule has 0 fully saturated rings. The van der Waals surface area contributed by atoms with Crippen LogP contribution in [-0.4, -0.2) is 37.8 Å². The predicted molar refractivity (Wildman–Crippen MR) is 172 cm³/mol. The Bertz CT molecular complexity index is 1790. The van der Waals surface area contributed by atoms with Crippen molar-refractivity contribution < 1.29 is 33.4 Å². The molecule has 0 spiro atoms. The first-order valence-electron chi connectivity index (χ1n) is 14.2. The molecule has 0 atom stereocenters. The van der Waals surface area contributed by atoms with E-state index in [1.54, 1.807) is 50.6 Å². The van der Waals surface area contributed by atoms with Crippen LogP contribution in [0.15, 0.2) is 78.9 Å². The molecule has 0 saturated carbocycles. The Morgan fingerprint density at radius 3 is 2.18 bits per heavy atom. The predicted octanol–water partition coefficient (Wildman–Crippen LogP) is 7.69. The topological polar surface area (TPSA) is 118 Å². The average Bonchev–Trinajstić information content (AvgIpc) is 3.02. The van der Waals surface area contributed by atoms with Gasteiger partial charge in [-0.3, -0.25) is 10.1 Å². The number of ether oxygens (including phenoxy) is 5. The third-order valence-corrected chi connectivity index (χ3v) is 7.47. The van der Waals surface area contributed by atoms with Gasteiger partial charge in [0, 0.05) is 34.5 Å². The number of hydrogen-bond donors (Lipinski definition) is 1. The number of nitrogens with zero attached hydrogens (tertiary/aromatic N) is 1. The Labute approximate surface area is 261 Å². The molecule has 45 heavy (non-hydrogen) atoms. The molecule has 1 heterocycles. The molecule has 0 radical (unpaired) electrons. The van der Waals surface area contributed by atoms with E-state index in [0.29, 0.717) is 28.6 Å². The number of methoxy groups -OCH3 is 3. The summed E-state index contributed by atoms with van der Waals surface area (Å²) in [5.41, 5.74) is 5.31. The molecule has 1 N–H and O–H groups in total. The first kappa shape index (κ1) is 30.9. The van der Waals surface area contributed by atoms with Gasteiger partial charge < -0.3 is 29.0 Å². The third-order valence-electron chi connectivity index (χ3n) is 7.47. The van der Waals surface area contributed by atoms with Crippen molar-refractivity contribution in [1.29, 1.82) is 0 Å². The summed E-state index contributed by atoms with van der Waals surface area (Å²) in [5.74, 6) is 1.53. The molecule has 232 valence electrons. The van der Waals surface area contributed by atoms with Crippen molar-refractivity contribution in [1.82, 2.24) is 0 Å². The maximum Gasteiger partial charge on any atom is 0.343 e. The second-order valence-electron chi connectivity index (χ2n) is 11.0. The molecular formula is C35H34N2O8. The zero-order valence-corrected chi connectivity index (χ0v) is 25.9. The summed E-state index contributed by atoms with van der Waals surface area (Å²) in [5, 5.41) is 15.0. The van der Waals surface area contributed by atoms with Crippen LogP contribution in [0.25, 0.3) is 16.7 Å². The molecule has 0 aromatic heterocycles. The molecule has 4 aromatic rings. The summed E-state index contributed by atoms with van der Waals surface area (Å²) in [7, 11) is 4.59. The number of nitro benzene ring substituents is 1. The SMILES string of the molecule is COc1ccc(C(=O)Oc2ccc(-c3ccc4c(c3COc3cc([N+](=O)[O-])ccc3OC)C(C)=CC(C)(C)N4)c(OC)c2)cc1. The van der Waals surface area contributed by atoms with Gasteiger partial charge in [0.2, 0.25) is 0 Å². The van der Waals surface area contributed by atoms with Gasteiger partial charge in [0.15, 0.2) is 11.5 Å². The van der Waals surface area contributed by atoms with Crippen molar-refractivity contribution in [2.24, 2.45) is 0 Å². The van der Waals surface area contributed by atoms with Crippen LogP contribution in [0.3, 0.4) is 0 Å². The van der Waals surface area contributed by atoms with Gasteiger partial charge in [0.1, 0.15) is 23.9 Å². The zero-order valence-electron chi connectivity index (χ0n) is 25.9. The Hall–Kier alpha value is -5.51. The molecule has 0 aliphatic carbocycles. The summed E-state index contributed by atoms with van der Waals surface area (Å²) in [6.45, 7) is 6.29. The number of carbonyl (C=O) groups excluding carboxylic acids is 1. The van der Waals surface area contributed by atoms with Gasteiger partial charge >= 0.3 is 5.97 Å². The molecule has 10 nitrogen and oxygen atoms in total. The van der Waals surface area contributed by atoms with E-state index in [2.05, 4.69) is 25.2 Å². The van der Waals surface area contributed by atoms with Crippen molar-refractivity contribution in [3.8, 4) is 39.9 Å². The summed E-state index contributed by atoms with van der Waals surface area (Å²) < 4.78 is 28.3. The first-order valence-corrected chi connectivity index (χ1v) is 14.2. The smallest absolute Gasteiger partial charge is 0.343 e. The minimum Gasteiger partial charge on any atom is -0.497 e. The van der Waals surface area contributed by atoms with Gasteiger partial charge in [-0.1, -0.05) is 12.1 Å². The lowest BCUT2D eigenvalue weighted by atomic mass is 9.85. The molecule has 10 heteroatoms. The maximum atomic E-state index is 12.8. The fourth-order valence-electron chi connectivity index (χ4n) is 5.49. The quantitative estimate of drug-likeness (QED) is 0.0834. The fourth-order valence-corrected chi connectivity index (χ4v) is 5.49. The lowest BCUT2D eigenvalue weighted by molar-refractivity contribution is -0.385. The molecule has 0 saturated heterocycles. The molecule has 0 bridgehead atoms. The highest BCUT2D eigenvalue weighted by molar-refractivity contribution is 5.92. The van der Waals surface area contributed by atoms with E-state index in [0.717, 1.165) is 33.5 Å². The number of esters is 1. The number of rotatable bonds is 10. The number of carbonyl (C=O) groups is 1. The molecule has 4 aromatic carbocycles. The van der Waals surface area contributed by atoms with Crippen LogP contribution in [0.4, 0.5) is 11.4 Å². The van der Waals surface area contributed by atoms with E-state index in [-0.39, 0.29) is 23.6 Å². The molecule has 5 rings (SSSR count). The number of anilines is 1. The highest BCUT2D eigenvalue weighted by atomic mass is 16.6. The number of hydrogen-bond acceptors (Lipinski definition) is 9. The van der Waals surface area contributed by atoms with E-state index in [9.17, 15) is 14.9 Å². The van der Waals surface area contributed by atoms with Gasteiger partial charge in [0.05, 0.1) is 43.4 Å². The average molecular weight is 611 g/mol. The Balaban J connectivity index is 1.55. The van der Waals surface area contributed by atoms with E-state index < -0.39 is 10.9 Å². The standard InChI is InChI=1S/C35H34N2O8/c1-21-19-35(2,3)36-29-15-14-26(28(33(21)29)20-44-32-17-23(37(39)40)9-16-30(32)42-5)27-13-12-25(18-31(27)43-6)45-34(38)22-7-10-24(41-4)11-8-22/h7-19,36H,20H2,1-6H3. The highest BCUT2D eigenvalue weighted by Gasteiger charge is 2.27. The molecule has 1 aliphatic rings. The third kappa shape index (κ3) is 6.54. The van der Waals surface area contributed by atoms with Crippen LogP contribution < -0.4 is 29.0 Å². The molecular weight excluding hydrogens is 576 g/mol. The van der Waals surface area contributed by atoms with Crippen LogP contribution in [0.5, 0.6) is 28.7 Å². The van der Waals surface area contributed by atoms with Gasteiger partial charge in [-0.2, -0.15) is 0 Å². The number of non-ortho nitro benzene ring substituents is 1. The summed E-state index contributed by atoms with van der Waals surface area (Å²) in [6, 6.07) is 20.1. The number of fused-ring (bicyclic) bond motifs is 1. The van der Waals surface area contributed by atoms with Crippen molar-refractivity contribution >= 4 is 22.9 Å². The minimum atomic E-state index is -0.518. The Kier molecular flexibility index (Phi) is 8.67. The highest BCUT2D eigenvalue weighted by Crippen LogP contribution is 2.44. The van der Waals surface area contributed by atoms with Gasteiger partial charge in [-0.25, -0.2) is 4.79 Å². The molecule has 1 aliphatic heterocycles. The second-order valence-corrected chi connectivity index (χ2v) is 11.0. The summed E-state index contributed by atoms with van der Waals surface area (Å²) in [6.07, 6.45) is 2.15. The van der Waals surface area contributed by atoms with E-state index in [1.807, 2.05) is 25.1 Å². The van der Waals surface area contributed by atoms with E-state index in [4.69, 9.17) is 23.7 Å². The van der Waals surface area contributed by atoms with Gasteiger partial charge in [0.25, 0.3) is 5.69 Å². The summed E-state index contributed by atoms with van der Waals surface area (Å²) in [4.78, 5) is 23.8. The van der Waals surface area contributed by atoms with Crippen LogP contribution >= 0.6 is 0 Å². The normalized spacial score (nSPS) is 13.1. The van der Waals surface area contributed by atoms with Crippen molar-refractivity contribution in [2.45, 2.75) is 32.9 Å². The number of nitro groups is 1. The van der Waals surface area contributed by atoms with Crippen LogP contribution in [-0.2, 0) is 6.61 Å². The molecule has 0 amide bonds. The van der Waals surface area contributed by atoms with Gasteiger partial charge in [-0.05, 0) is 80.4 Å². The van der Waals surface area contributed by atoms with E-state index in [1.165, 1.54) is 25.3 Å². The lowest BCUT2D eigenvalue weighted by Crippen LogP contribution is -2.32. The van der Waals surface area contributed by atoms with E-state index >= 15 is 0 Å². The first-order chi connectivity index (χ1) is 21.5. The van der Waals surface area contributed by atoms with Crippen LogP contribution in [0.1, 0.15) is 42.3 Å². The monoisotopic (exact) mass is 610 g/mol. The van der Waals surface area contributed by atoms with Crippen LogP contribution in [0, 0.1) is 10.1 Å². The minimum absolute atomic E-state index is 0.0701.